The second kappa shape index (κ2) is 15.0. The van der Waals surface area contributed by atoms with Gasteiger partial charge in [0.1, 0.15) is 0 Å². The predicted molar refractivity (Wildman–Crippen MR) is 195 cm³/mol. The number of fused-ring (bicyclic) bond motifs is 2. The van der Waals surface area contributed by atoms with E-state index in [1.54, 1.807) is 12.1 Å². The number of likely N-dealkylation sites (tertiary alicyclic amines) is 2. The Morgan fingerprint density at radius 1 is 0.625 bits per heavy atom. The van der Waals surface area contributed by atoms with E-state index in [2.05, 4.69) is 48.7 Å². The molecule has 2 aromatic heterocycles. The Labute approximate surface area is 298 Å². The van der Waals surface area contributed by atoms with Gasteiger partial charge >= 0.3 is 11.4 Å². The lowest BCUT2D eigenvalue weighted by Crippen LogP contribution is -2.45. The van der Waals surface area contributed by atoms with Crippen molar-refractivity contribution in [3.05, 3.63) is 65.3 Å². The van der Waals surface area contributed by atoms with Gasteiger partial charge in [0.15, 0.2) is 0 Å². The number of rotatable bonds is 4. The van der Waals surface area contributed by atoms with Crippen molar-refractivity contribution in [3.8, 4) is 0 Å². The number of aryl methyl sites for hydroxylation is 1. The van der Waals surface area contributed by atoms with Crippen molar-refractivity contribution >= 4 is 61.2 Å². The third-order valence-corrected chi connectivity index (χ3v) is 12.5. The molecule has 4 aliphatic heterocycles. The molecule has 13 heteroatoms. The molecule has 0 atom stereocenters. The quantitative estimate of drug-likeness (QED) is 0.241. The molecular formula is C35H45BrCl2N6O4. The lowest BCUT2D eigenvalue weighted by molar-refractivity contribution is 0.0219. The van der Waals surface area contributed by atoms with E-state index in [4.69, 9.17) is 32.7 Å². The first-order chi connectivity index (χ1) is 23.3. The van der Waals surface area contributed by atoms with Gasteiger partial charge in [0.2, 0.25) is 0 Å². The normalized spacial score (nSPS) is 21.6. The van der Waals surface area contributed by atoms with Gasteiger partial charge in [-0.05, 0) is 88.1 Å². The van der Waals surface area contributed by atoms with Crippen molar-refractivity contribution in [2.45, 2.75) is 82.5 Å². The Kier molecular flexibility index (Phi) is 10.7. The van der Waals surface area contributed by atoms with Crippen LogP contribution in [0.25, 0.3) is 22.1 Å². The van der Waals surface area contributed by atoms with Crippen LogP contribution in [-0.4, -0.2) is 93.6 Å². The van der Waals surface area contributed by atoms with E-state index < -0.39 is 0 Å². The van der Waals surface area contributed by atoms with Crippen LogP contribution < -0.4 is 11.4 Å². The van der Waals surface area contributed by atoms with Crippen LogP contribution in [0.4, 0.5) is 0 Å². The molecule has 4 aliphatic rings. The largest absolute Gasteiger partial charge is 0.381 e. The number of H-pyrrole nitrogens is 2. The minimum absolute atomic E-state index is 0.0204. The molecule has 4 saturated heterocycles. The van der Waals surface area contributed by atoms with Gasteiger partial charge in [-0.3, -0.25) is 9.13 Å². The minimum Gasteiger partial charge on any atom is -0.381 e. The number of aromatic amines is 2. The molecule has 2 N–H and O–H groups in total. The Hall–Kier alpha value is -2.12. The van der Waals surface area contributed by atoms with E-state index in [9.17, 15) is 9.59 Å². The summed E-state index contributed by atoms with van der Waals surface area (Å²) in [5, 5.41) is 0.948. The second-order valence-electron chi connectivity index (χ2n) is 13.7. The maximum Gasteiger partial charge on any atom is 0.326 e. The van der Waals surface area contributed by atoms with Gasteiger partial charge in [-0.2, -0.15) is 0 Å². The third-order valence-electron chi connectivity index (χ3n) is 10.9. The summed E-state index contributed by atoms with van der Waals surface area (Å²) in [5.41, 5.74) is 4.66. The van der Waals surface area contributed by atoms with E-state index in [0.717, 1.165) is 136 Å². The van der Waals surface area contributed by atoms with Gasteiger partial charge in [0.25, 0.3) is 0 Å². The minimum atomic E-state index is -0.0761. The van der Waals surface area contributed by atoms with Gasteiger partial charge in [-0.15, -0.1) is 0 Å². The van der Waals surface area contributed by atoms with Crippen molar-refractivity contribution in [3.63, 3.8) is 0 Å². The van der Waals surface area contributed by atoms with E-state index in [0.29, 0.717) is 28.2 Å². The third kappa shape index (κ3) is 7.20. The first kappa shape index (κ1) is 34.3. The Balaban J connectivity index is 0.000000152. The maximum atomic E-state index is 12.5. The molecule has 4 fully saturated rings. The summed E-state index contributed by atoms with van der Waals surface area (Å²) in [6.07, 6.45) is 8.56. The van der Waals surface area contributed by atoms with Crippen LogP contribution in [0.15, 0.2) is 38.3 Å². The summed E-state index contributed by atoms with van der Waals surface area (Å²) in [6, 6.07) is 9.45. The lowest BCUT2D eigenvalue weighted by atomic mass is 9.99. The van der Waals surface area contributed by atoms with Crippen LogP contribution in [0.1, 0.15) is 69.0 Å². The van der Waals surface area contributed by atoms with Crippen LogP contribution in [0.3, 0.4) is 0 Å². The molecule has 0 bridgehead atoms. The number of benzene rings is 2. The second-order valence-corrected chi connectivity index (χ2v) is 15.4. The zero-order valence-corrected chi connectivity index (χ0v) is 30.6. The number of piperidine rings is 2. The van der Waals surface area contributed by atoms with Crippen molar-refractivity contribution in [2.24, 2.45) is 0 Å². The first-order valence-electron chi connectivity index (χ1n) is 17.4. The molecule has 260 valence electrons. The zero-order chi connectivity index (χ0) is 33.4. The van der Waals surface area contributed by atoms with Crippen LogP contribution in [-0.2, 0) is 9.47 Å². The summed E-state index contributed by atoms with van der Waals surface area (Å²) in [7, 11) is 0. The van der Waals surface area contributed by atoms with Gasteiger partial charge < -0.3 is 29.2 Å². The lowest BCUT2D eigenvalue weighted by Gasteiger charge is -2.39. The first-order valence-corrected chi connectivity index (χ1v) is 18.9. The highest BCUT2D eigenvalue weighted by atomic mass is 79.9. The highest BCUT2D eigenvalue weighted by Crippen LogP contribution is 2.32. The summed E-state index contributed by atoms with van der Waals surface area (Å²) in [6.45, 7) is 9.78. The molecule has 0 amide bonds. The predicted octanol–water partition coefficient (Wildman–Crippen LogP) is 6.67. The van der Waals surface area contributed by atoms with E-state index >= 15 is 0 Å². The summed E-state index contributed by atoms with van der Waals surface area (Å²) < 4.78 is 15.8. The number of nitrogens with one attached hydrogen (secondary N) is 2. The Morgan fingerprint density at radius 3 is 1.52 bits per heavy atom. The molecule has 48 heavy (non-hydrogen) atoms. The number of aromatic nitrogens is 4. The van der Waals surface area contributed by atoms with E-state index in [-0.39, 0.29) is 17.4 Å². The molecule has 6 heterocycles. The average molecular weight is 765 g/mol. The number of ether oxygens (including phenoxy) is 2. The van der Waals surface area contributed by atoms with Crippen molar-refractivity contribution in [1.29, 1.82) is 0 Å². The van der Waals surface area contributed by atoms with Gasteiger partial charge in [0.05, 0.1) is 32.1 Å². The fourth-order valence-corrected chi connectivity index (χ4v) is 8.88. The molecule has 2 aromatic carbocycles. The molecule has 0 aliphatic carbocycles. The molecule has 0 saturated carbocycles. The van der Waals surface area contributed by atoms with Crippen LogP contribution in [0, 0.1) is 6.92 Å². The maximum absolute atomic E-state index is 12.5. The molecule has 4 aromatic rings. The molecule has 0 spiro atoms. The molecule has 0 unspecified atom stereocenters. The summed E-state index contributed by atoms with van der Waals surface area (Å²) >= 11 is 15.8. The number of nitrogens with zero attached hydrogens (tertiary/aromatic N) is 4. The number of hydrogen-bond donors (Lipinski definition) is 2. The van der Waals surface area contributed by atoms with E-state index in [1.807, 2.05) is 15.2 Å². The van der Waals surface area contributed by atoms with Gasteiger partial charge in [0, 0.05) is 81.2 Å². The highest BCUT2D eigenvalue weighted by molar-refractivity contribution is 9.10. The molecule has 0 radical (unpaired) electrons. The fourth-order valence-electron chi connectivity index (χ4n) is 8.22. The smallest absolute Gasteiger partial charge is 0.326 e. The number of halogens is 3. The molecule has 8 rings (SSSR count). The van der Waals surface area contributed by atoms with Crippen LogP contribution >= 0.6 is 39.1 Å². The fraction of sp³-hybridized carbons (Fsp3) is 0.600. The van der Waals surface area contributed by atoms with E-state index in [1.165, 1.54) is 0 Å². The molecule has 10 nitrogen and oxygen atoms in total. The SMILES string of the molecule is Cc1cc2c(cc1Br)[nH]c(=O)n2C1CCN(C2CCOCC2)CC1.O=c1[nH]c2cc(Cl)c(Cl)cc2n1C1CCN(C2CCOCC2)CC1. The average Bonchev–Trinajstić information content (AvgIpc) is 3.59. The summed E-state index contributed by atoms with van der Waals surface area (Å²) in [5.74, 6) is 0. The Bertz CT molecular complexity index is 1710. The standard InChI is InChI=1S/C18H24BrN3O2.C17H21Cl2N3O2/c1-12-10-17-16(11-15(12)19)20-18(23)22(17)14-2-6-21(7-3-14)13-4-8-24-9-5-13;18-13-9-15-16(10-14(13)19)22(17(23)20-15)12-1-5-21(6-2-12)11-3-7-24-8-4-11/h10-11,13-14H,2-9H2,1H3,(H,20,23);9-12H,1-8H2,(H,20,23). The number of hydrogen-bond acceptors (Lipinski definition) is 6. The monoisotopic (exact) mass is 762 g/mol. The zero-order valence-electron chi connectivity index (χ0n) is 27.5. The highest BCUT2D eigenvalue weighted by Gasteiger charge is 2.30. The van der Waals surface area contributed by atoms with Gasteiger partial charge in [-0.25, -0.2) is 9.59 Å². The number of imidazole rings is 2. The van der Waals surface area contributed by atoms with Gasteiger partial charge in [-0.1, -0.05) is 39.1 Å². The molecular weight excluding hydrogens is 719 g/mol. The van der Waals surface area contributed by atoms with Crippen LogP contribution in [0.2, 0.25) is 10.0 Å². The topological polar surface area (TPSA) is 101 Å². The van der Waals surface area contributed by atoms with Crippen molar-refractivity contribution in [1.82, 2.24) is 28.9 Å². The summed E-state index contributed by atoms with van der Waals surface area (Å²) in [4.78, 5) is 36.0. The Morgan fingerprint density at radius 2 is 1.04 bits per heavy atom. The van der Waals surface area contributed by atoms with Crippen molar-refractivity contribution in [2.75, 3.05) is 52.6 Å². The van der Waals surface area contributed by atoms with Crippen molar-refractivity contribution < 1.29 is 9.47 Å². The van der Waals surface area contributed by atoms with Crippen LogP contribution in [0.5, 0.6) is 0 Å².